The van der Waals surface area contributed by atoms with Crippen molar-refractivity contribution in [2.45, 2.75) is 20.3 Å². The SMILES string of the molecule is CCc1cc(C)c(N)c(Cl)n1. The molecule has 1 aromatic heterocycles. The minimum atomic E-state index is 0.418. The van der Waals surface area contributed by atoms with Crippen LogP contribution < -0.4 is 5.73 Å². The van der Waals surface area contributed by atoms with Crippen LogP contribution in [0.3, 0.4) is 0 Å². The highest BCUT2D eigenvalue weighted by Crippen LogP contribution is 2.20. The minimum absolute atomic E-state index is 0.418. The molecule has 0 bridgehead atoms. The van der Waals surface area contributed by atoms with Gasteiger partial charge in [-0.3, -0.25) is 0 Å². The Hall–Kier alpha value is -0.760. The molecule has 0 spiro atoms. The zero-order chi connectivity index (χ0) is 8.43. The van der Waals surface area contributed by atoms with Gasteiger partial charge in [-0.1, -0.05) is 18.5 Å². The van der Waals surface area contributed by atoms with Gasteiger partial charge < -0.3 is 5.73 Å². The van der Waals surface area contributed by atoms with Crippen molar-refractivity contribution in [3.8, 4) is 0 Å². The first-order valence-electron chi connectivity index (χ1n) is 3.56. The predicted octanol–water partition coefficient (Wildman–Crippen LogP) is 2.19. The van der Waals surface area contributed by atoms with Crippen LogP contribution in [-0.4, -0.2) is 4.98 Å². The van der Waals surface area contributed by atoms with Crippen molar-refractivity contribution >= 4 is 17.3 Å². The number of nitrogen functional groups attached to an aromatic ring is 1. The van der Waals surface area contributed by atoms with Crippen molar-refractivity contribution in [1.29, 1.82) is 0 Å². The van der Waals surface area contributed by atoms with Gasteiger partial charge in [0.15, 0.2) is 5.15 Å². The Bertz CT molecular complexity index is 248. The standard InChI is InChI=1S/C8H11ClN2/c1-3-6-4-5(2)7(10)8(9)11-6/h4H,3,10H2,1-2H3. The molecule has 0 unspecified atom stereocenters. The number of hydrogen-bond donors (Lipinski definition) is 1. The smallest absolute Gasteiger partial charge is 0.152 e. The average Bonchev–Trinajstić information content (AvgIpc) is 1.99. The van der Waals surface area contributed by atoms with E-state index in [0.717, 1.165) is 17.7 Å². The maximum absolute atomic E-state index is 5.76. The summed E-state index contributed by atoms with van der Waals surface area (Å²) in [6.07, 6.45) is 0.890. The van der Waals surface area contributed by atoms with Gasteiger partial charge >= 0.3 is 0 Å². The number of anilines is 1. The Morgan fingerprint density at radius 2 is 2.27 bits per heavy atom. The Labute approximate surface area is 71.4 Å². The van der Waals surface area contributed by atoms with E-state index in [-0.39, 0.29) is 0 Å². The van der Waals surface area contributed by atoms with Crippen LogP contribution in [0.1, 0.15) is 18.2 Å². The fourth-order valence-corrected chi connectivity index (χ4v) is 1.15. The van der Waals surface area contributed by atoms with Gasteiger partial charge in [-0.25, -0.2) is 4.98 Å². The van der Waals surface area contributed by atoms with Crippen molar-refractivity contribution in [3.05, 3.63) is 22.5 Å². The second-order valence-electron chi connectivity index (χ2n) is 2.49. The zero-order valence-electron chi connectivity index (χ0n) is 6.69. The third-order valence-electron chi connectivity index (χ3n) is 1.63. The first kappa shape index (κ1) is 8.34. The largest absolute Gasteiger partial charge is 0.396 e. The molecule has 11 heavy (non-hydrogen) atoms. The van der Waals surface area contributed by atoms with E-state index in [0.29, 0.717) is 10.8 Å². The Morgan fingerprint density at radius 3 is 2.73 bits per heavy atom. The fraction of sp³-hybridized carbons (Fsp3) is 0.375. The normalized spacial score (nSPS) is 10.1. The van der Waals surface area contributed by atoms with E-state index >= 15 is 0 Å². The number of aryl methyl sites for hydroxylation is 2. The Kier molecular flexibility index (Phi) is 2.35. The molecule has 2 N–H and O–H groups in total. The summed E-state index contributed by atoms with van der Waals surface area (Å²) < 4.78 is 0. The molecule has 0 saturated heterocycles. The fourth-order valence-electron chi connectivity index (χ4n) is 0.890. The third-order valence-corrected chi connectivity index (χ3v) is 1.92. The number of nitrogens with two attached hydrogens (primary N) is 1. The molecule has 0 aliphatic carbocycles. The van der Waals surface area contributed by atoms with Crippen LogP contribution >= 0.6 is 11.6 Å². The highest BCUT2D eigenvalue weighted by atomic mass is 35.5. The van der Waals surface area contributed by atoms with Crippen molar-refractivity contribution in [3.63, 3.8) is 0 Å². The van der Waals surface area contributed by atoms with Gasteiger partial charge in [0.2, 0.25) is 0 Å². The first-order chi connectivity index (χ1) is 5.15. The first-order valence-corrected chi connectivity index (χ1v) is 3.94. The van der Waals surface area contributed by atoms with E-state index < -0.39 is 0 Å². The van der Waals surface area contributed by atoms with E-state index in [1.807, 2.05) is 19.9 Å². The van der Waals surface area contributed by atoms with E-state index in [2.05, 4.69) is 4.98 Å². The minimum Gasteiger partial charge on any atom is -0.396 e. The topological polar surface area (TPSA) is 38.9 Å². The number of hydrogen-bond acceptors (Lipinski definition) is 2. The summed E-state index contributed by atoms with van der Waals surface area (Å²) in [6.45, 7) is 3.97. The molecule has 3 heteroatoms. The van der Waals surface area contributed by atoms with E-state index in [4.69, 9.17) is 17.3 Å². The quantitative estimate of drug-likeness (QED) is 0.657. The van der Waals surface area contributed by atoms with Gasteiger partial charge in [-0.2, -0.15) is 0 Å². The zero-order valence-corrected chi connectivity index (χ0v) is 7.44. The molecule has 0 aliphatic rings. The lowest BCUT2D eigenvalue weighted by Crippen LogP contribution is -1.96. The number of pyridine rings is 1. The van der Waals surface area contributed by atoms with Gasteiger partial charge in [0.1, 0.15) is 0 Å². The second kappa shape index (κ2) is 3.09. The molecule has 60 valence electrons. The van der Waals surface area contributed by atoms with Crippen molar-refractivity contribution in [2.75, 3.05) is 5.73 Å². The number of aromatic nitrogens is 1. The molecule has 0 aromatic carbocycles. The van der Waals surface area contributed by atoms with Gasteiger partial charge in [0, 0.05) is 5.69 Å². The highest BCUT2D eigenvalue weighted by molar-refractivity contribution is 6.32. The van der Waals surface area contributed by atoms with Crippen LogP contribution in [0.15, 0.2) is 6.07 Å². The molecule has 0 fully saturated rings. The highest BCUT2D eigenvalue weighted by Gasteiger charge is 2.02. The van der Waals surface area contributed by atoms with Crippen molar-refractivity contribution in [1.82, 2.24) is 4.98 Å². The van der Waals surface area contributed by atoms with Gasteiger partial charge in [-0.05, 0) is 25.0 Å². The Morgan fingerprint density at radius 1 is 1.64 bits per heavy atom. The van der Waals surface area contributed by atoms with Crippen molar-refractivity contribution < 1.29 is 0 Å². The lowest BCUT2D eigenvalue weighted by Gasteiger charge is -2.03. The molecular formula is C8H11ClN2. The second-order valence-corrected chi connectivity index (χ2v) is 2.85. The lowest BCUT2D eigenvalue weighted by molar-refractivity contribution is 1.03. The molecule has 0 aliphatic heterocycles. The van der Waals surface area contributed by atoms with Gasteiger partial charge in [0.05, 0.1) is 5.69 Å². The predicted molar refractivity (Wildman–Crippen MR) is 47.8 cm³/mol. The number of nitrogens with zero attached hydrogens (tertiary/aromatic N) is 1. The number of rotatable bonds is 1. The summed E-state index contributed by atoms with van der Waals surface area (Å²) in [5.41, 5.74) is 8.19. The lowest BCUT2D eigenvalue weighted by atomic mass is 10.2. The molecule has 1 rings (SSSR count). The number of halogens is 1. The molecule has 2 nitrogen and oxygen atoms in total. The van der Waals surface area contributed by atoms with Crippen LogP contribution in [-0.2, 0) is 6.42 Å². The van der Waals surface area contributed by atoms with E-state index in [1.165, 1.54) is 0 Å². The summed E-state index contributed by atoms with van der Waals surface area (Å²) >= 11 is 5.76. The monoisotopic (exact) mass is 170 g/mol. The Balaban J connectivity index is 3.21. The van der Waals surface area contributed by atoms with Crippen LogP contribution in [0, 0.1) is 6.92 Å². The van der Waals surface area contributed by atoms with Gasteiger partial charge in [-0.15, -0.1) is 0 Å². The van der Waals surface area contributed by atoms with Crippen LogP contribution in [0.25, 0.3) is 0 Å². The van der Waals surface area contributed by atoms with E-state index in [1.54, 1.807) is 0 Å². The molecular weight excluding hydrogens is 160 g/mol. The molecule has 1 aromatic rings. The summed E-state index contributed by atoms with van der Waals surface area (Å²) in [4.78, 5) is 4.09. The third kappa shape index (κ3) is 1.63. The summed E-state index contributed by atoms with van der Waals surface area (Å²) in [7, 11) is 0. The van der Waals surface area contributed by atoms with Crippen LogP contribution in [0.4, 0.5) is 5.69 Å². The molecule has 0 atom stereocenters. The summed E-state index contributed by atoms with van der Waals surface area (Å²) in [5, 5.41) is 0.418. The maximum Gasteiger partial charge on any atom is 0.152 e. The van der Waals surface area contributed by atoms with Crippen molar-refractivity contribution in [2.24, 2.45) is 0 Å². The van der Waals surface area contributed by atoms with E-state index in [9.17, 15) is 0 Å². The summed E-state index contributed by atoms with van der Waals surface area (Å²) in [5.74, 6) is 0. The van der Waals surface area contributed by atoms with Crippen LogP contribution in [0.2, 0.25) is 5.15 Å². The molecule has 1 heterocycles. The molecule has 0 amide bonds. The van der Waals surface area contributed by atoms with Gasteiger partial charge in [0.25, 0.3) is 0 Å². The summed E-state index contributed by atoms with van der Waals surface area (Å²) in [6, 6.07) is 1.96. The molecule has 0 saturated carbocycles. The maximum atomic E-state index is 5.76. The molecule has 0 radical (unpaired) electrons. The van der Waals surface area contributed by atoms with Crippen LogP contribution in [0.5, 0.6) is 0 Å². The average molecular weight is 171 g/mol.